The van der Waals surface area contributed by atoms with Crippen LogP contribution >= 0.6 is 0 Å². The number of benzene rings is 3. The van der Waals surface area contributed by atoms with Gasteiger partial charge in [0.05, 0.1) is 0 Å². The molecule has 2 N–H and O–H groups in total. The van der Waals surface area contributed by atoms with E-state index in [1.807, 2.05) is 66.7 Å². The number of anilines is 1. The maximum absolute atomic E-state index is 12.6. The number of amides is 1. The number of H-pyrrole nitrogens is 1. The van der Waals surface area contributed by atoms with Gasteiger partial charge >= 0.3 is 0 Å². The van der Waals surface area contributed by atoms with Gasteiger partial charge in [-0.1, -0.05) is 30.3 Å². The van der Waals surface area contributed by atoms with Crippen LogP contribution < -0.4 is 5.32 Å². The summed E-state index contributed by atoms with van der Waals surface area (Å²) in [6, 6.07) is 21.3. The minimum absolute atomic E-state index is 0.123. The number of rotatable bonds is 4. The molecule has 4 aromatic rings. The Morgan fingerprint density at radius 1 is 0.963 bits per heavy atom. The molecule has 5 rings (SSSR count). The van der Waals surface area contributed by atoms with E-state index in [1.54, 1.807) is 0 Å². The number of nitrogens with zero attached hydrogens (tertiary/aromatic N) is 2. The van der Waals surface area contributed by atoms with Crippen molar-refractivity contribution in [3.63, 3.8) is 0 Å². The van der Waals surface area contributed by atoms with Crippen molar-refractivity contribution < 1.29 is 4.79 Å². The molecule has 27 heavy (non-hydrogen) atoms. The molecule has 1 saturated carbocycles. The third-order valence-electron chi connectivity index (χ3n) is 4.88. The smallest absolute Gasteiger partial charge is 0.255 e. The molecule has 1 heterocycles. The van der Waals surface area contributed by atoms with E-state index in [9.17, 15) is 4.79 Å². The monoisotopic (exact) mass is 354 g/mol. The van der Waals surface area contributed by atoms with Crippen LogP contribution in [0.1, 0.15) is 34.9 Å². The van der Waals surface area contributed by atoms with Crippen molar-refractivity contribution in [2.45, 2.75) is 18.8 Å². The fourth-order valence-corrected chi connectivity index (χ4v) is 3.18. The van der Waals surface area contributed by atoms with E-state index in [0.717, 1.165) is 27.8 Å². The van der Waals surface area contributed by atoms with E-state index < -0.39 is 0 Å². The van der Waals surface area contributed by atoms with Gasteiger partial charge in [0.2, 0.25) is 0 Å². The number of fused-ring (bicyclic) bond motifs is 1. The molecule has 1 aliphatic carbocycles. The summed E-state index contributed by atoms with van der Waals surface area (Å²) in [5.41, 5.74) is 2.32. The van der Waals surface area contributed by atoms with Crippen molar-refractivity contribution in [1.82, 2.24) is 15.2 Å². The van der Waals surface area contributed by atoms with Gasteiger partial charge in [0.15, 0.2) is 5.82 Å². The van der Waals surface area contributed by atoms with Crippen LogP contribution in [0, 0.1) is 0 Å². The topological polar surface area (TPSA) is 70.7 Å². The molecule has 1 fully saturated rings. The molecule has 1 aliphatic rings. The van der Waals surface area contributed by atoms with E-state index in [2.05, 4.69) is 20.5 Å². The average Bonchev–Trinajstić information content (AvgIpc) is 3.45. The van der Waals surface area contributed by atoms with Crippen LogP contribution in [0.25, 0.3) is 22.2 Å². The Bertz CT molecular complexity index is 1130. The number of hydrogen-bond acceptors (Lipinski definition) is 3. The van der Waals surface area contributed by atoms with E-state index in [1.165, 1.54) is 12.8 Å². The summed E-state index contributed by atoms with van der Waals surface area (Å²) in [7, 11) is 0. The molecule has 132 valence electrons. The van der Waals surface area contributed by atoms with Crippen LogP contribution in [0.15, 0.2) is 66.7 Å². The van der Waals surface area contributed by atoms with Crippen molar-refractivity contribution in [1.29, 1.82) is 0 Å². The SMILES string of the molecule is O=C(Nc1ccc(-c2n[nH]c(C3CC3)n2)cc1)c1ccc2ccccc2c1. The molecule has 1 aromatic heterocycles. The number of carbonyl (C=O) groups excluding carboxylic acids is 1. The molecule has 0 unspecified atom stereocenters. The second-order valence-corrected chi connectivity index (χ2v) is 6.91. The first kappa shape index (κ1) is 15.8. The van der Waals surface area contributed by atoms with Gasteiger partial charge in [-0.15, -0.1) is 0 Å². The predicted molar refractivity (Wildman–Crippen MR) is 106 cm³/mol. The number of aromatic amines is 1. The highest BCUT2D eigenvalue weighted by molar-refractivity contribution is 6.06. The Labute approximate surface area is 156 Å². The molecule has 0 aliphatic heterocycles. The van der Waals surface area contributed by atoms with Crippen LogP contribution in [0.3, 0.4) is 0 Å². The number of nitrogens with one attached hydrogen (secondary N) is 2. The molecule has 5 heteroatoms. The first-order valence-electron chi connectivity index (χ1n) is 9.09. The Morgan fingerprint density at radius 3 is 2.52 bits per heavy atom. The molecule has 5 nitrogen and oxygen atoms in total. The van der Waals surface area contributed by atoms with Gasteiger partial charge < -0.3 is 5.32 Å². The molecule has 0 saturated heterocycles. The largest absolute Gasteiger partial charge is 0.322 e. The Hall–Kier alpha value is -3.47. The van der Waals surface area contributed by atoms with E-state index in [-0.39, 0.29) is 5.91 Å². The summed E-state index contributed by atoms with van der Waals surface area (Å²) in [4.78, 5) is 17.1. The fraction of sp³-hybridized carbons (Fsp3) is 0.136. The molecule has 0 bridgehead atoms. The normalized spacial score (nSPS) is 13.6. The van der Waals surface area contributed by atoms with Gasteiger partial charge in [0.1, 0.15) is 5.82 Å². The molecule has 3 aromatic carbocycles. The number of hydrogen-bond donors (Lipinski definition) is 2. The molecule has 1 amide bonds. The number of aromatic nitrogens is 3. The van der Waals surface area contributed by atoms with Crippen LogP contribution in [0.5, 0.6) is 0 Å². The van der Waals surface area contributed by atoms with Crippen LogP contribution in [0.4, 0.5) is 5.69 Å². The quantitative estimate of drug-likeness (QED) is 0.555. The van der Waals surface area contributed by atoms with Gasteiger partial charge in [-0.3, -0.25) is 9.89 Å². The Balaban J connectivity index is 1.32. The van der Waals surface area contributed by atoms with Crippen molar-refractivity contribution in [3.05, 3.63) is 78.1 Å². The molecular formula is C22H18N4O. The van der Waals surface area contributed by atoms with Gasteiger partial charge in [-0.2, -0.15) is 5.10 Å². The molecular weight excluding hydrogens is 336 g/mol. The number of carbonyl (C=O) groups is 1. The Morgan fingerprint density at radius 2 is 1.74 bits per heavy atom. The van der Waals surface area contributed by atoms with Gasteiger partial charge in [0.25, 0.3) is 5.91 Å². The van der Waals surface area contributed by atoms with Crippen LogP contribution in [0.2, 0.25) is 0 Å². The maximum Gasteiger partial charge on any atom is 0.255 e. The first-order chi connectivity index (χ1) is 13.3. The highest BCUT2D eigenvalue weighted by atomic mass is 16.1. The highest BCUT2D eigenvalue weighted by Crippen LogP contribution is 2.38. The lowest BCUT2D eigenvalue weighted by atomic mass is 10.1. The minimum atomic E-state index is -0.123. The Kier molecular flexibility index (Phi) is 3.71. The first-order valence-corrected chi connectivity index (χ1v) is 9.09. The van der Waals surface area contributed by atoms with Crippen molar-refractivity contribution in [2.24, 2.45) is 0 Å². The van der Waals surface area contributed by atoms with Crippen molar-refractivity contribution in [3.8, 4) is 11.4 Å². The summed E-state index contributed by atoms with van der Waals surface area (Å²) in [6.07, 6.45) is 2.38. The molecule has 0 radical (unpaired) electrons. The zero-order valence-electron chi connectivity index (χ0n) is 14.6. The zero-order valence-corrected chi connectivity index (χ0v) is 14.6. The second kappa shape index (κ2) is 6.36. The lowest BCUT2D eigenvalue weighted by molar-refractivity contribution is 0.102. The minimum Gasteiger partial charge on any atom is -0.322 e. The summed E-state index contributed by atoms with van der Waals surface area (Å²) >= 11 is 0. The molecule has 0 atom stereocenters. The van der Waals surface area contributed by atoms with Crippen LogP contribution in [-0.2, 0) is 0 Å². The third-order valence-corrected chi connectivity index (χ3v) is 4.88. The lowest BCUT2D eigenvalue weighted by Crippen LogP contribution is -2.11. The van der Waals surface area contributed by atoms with Crippen LogP contribution in [-0.4, -0.2) is 21.1 Å². The molecule has 0 spiro atoms. The van der Waals surface area contributed by atoms with Gasteiger partial charge in [-0.05, 0) is 60.0 Å². The zero-order chi connectivity index (χ0) is 18.2. The maximum atomic E-state index is 12.6. The summed E-state index contributed by atoms with van der Waals surface area (Å²) < 4.78 is 0. The summed E-state index contributed by atoms with van der Waals surface area (Å²) in [5.74, 6) is 2.09. The summed E-state index contributed by atoms with van der Waals surface area (Å²) in [5, 5.41) is 12.4. The van der Waals surface area contributed by atoms with E-state index in [4.69, 9.17) is 0 Å². The predicted octanol–water partition coefficient (Wildman–Crippen LogP) is 4.75. The fourth-order valence-electron chi connectivity index (χ4n) is 3.18. The second-order valence-electron chi connectivity index (χ2n) is 6.91. The summed E-state index contributed by atoms with van der Waals surface area (Å²) in [6.45, 7) is 0. The van der Waals surface area contributed by atoms with E-state index >= 15 is 0 Å². The third kappa shape index (κ3) is 3.19. The van der Waals surface area contributed by atoms with Gasteiger partial charge in [-0.25, -0.2) is 4.98 Å². The van der Waals surface area contributed by atoms with Crippen molar-refractivity contribution >= 4 is 22.4 Å². The lowest BCUT2D eigenvalue weighted by Gasteiger charge is -2.07. The van der Waals surface area contributed by atoms with Gasteiger partial charge in [0, 0.05) is 22.7 Å². The standard InChI is InChI=1S/C22H18N4O/c27-22(18-8-5-14-3-1-2-4-17(14)13-18)23-19-11-9-16(10-12-19)21-24-20(25-26-21)15-6-7-15/h1-5,8-13,15H,6-7H2,(H,23,27)(H,24,25,26). The highest BCUT2D eigenvalue weighted by Gasteiger charge is 2.27. The van der Waals surface area contributed by atoms with E-state index in [0.29, 0.717) is 17.3 Å². The average molecular weight is 354 g/mol. The van der Waals surface area contributed by atoms with Crippen molar-refractivity contribution in [2.75, 3.05) is 5.32 Å².